The Morgan fingerprint density at radius 1 is 1.19 bits per heavy atom. The Bertz CT molecular complexity index is 814. The number of fused-ring (bicyclic) bond motifs is 1. The highest BCUT2D eigenvalue weighted by Crippen LogP contribution is 2.36. The fraction of sp³-hybridized carbons (Fsp3) is 0.133. The molecule has 1 aromatic carbocycles. The molecule has 1 N–H and O–H groups in total. The second-order valence-electron chi connectivity index (χ2n) is 4.65. The average molecular weight is 385 g/mol. The van der Waals surface area contributed by atoms with Crippen molar-refractivity contribution >= 4 is 50.5 Å². The molecule has 0 unspecified atom stereocenters. The van der Waals surface area contributed by atoms with Crippen LogP contribution < -0.4 is 5.32 Å². The summed E-state index contributed by atoms with van der Waals surface area (Å²) < 4.78 is 2.85. The Morgan fingerprint density at radius 3 is 2.81 bits per heavy atom. The van der Waals surface area contributed by atoms with Crippen molar-refractivity contribution in [3.8, 4) is 0 Å². The zero-order valence-electron chi connectivity index (χ0n) is 11.2. The van der Waals surface area contributed by atoms with E-state index in [1.807, 2.05) is 43.5 Å². The molecule has 0 amide bonds. The summed E-state index contributed by atoms with van der Waals surface area (Å²) in [6, 6.07) is 9.72. The molecule has 2 aromatic heterocycles. The summed E-state index contributed by atoms with van der Waals surface area (Å²) >= 11 is 15.7. The van der Waals surface area contributed by atoms with Crippen LogP contribution in [0.1, 0.15) is 11.4 Å². The van der Waals surface area contributed by atoms with Gasteiger partial charge in [-0.15, -0.1) is 0 Å². The van der Waals surface area contributed by atoms with Crippen LogP contribution in [0, 0.1) is 6.92 Å². The standard InChI is InChI=1S/C15H12BrCl2N3/c1-9-12(21-7-3-2-4-13(21)20-9)8-19-11-6-5-10(16)14(17)15(11)18/h2-7,19H,8H2,1H3. The van der Waals surface area contributed by atoms with Gasteiger partial charge in [-0.05, 0) is 47.1 Å². The number of hydrogen-bond donors (Lipinski definition) is 1. The van der Waals surface area contributed by atoms with E-state index in [0.29, 0.717) is 16.6 Å². The highest BCUT2D eigenvalue weighted by Gasteiger charge is 2.11. The summed E-state index contributed by atoms with van der Waals surface area (Å²) in [5, 5.41) is 4.34. The largest absolute Gasteiger partial charge is 0.378 e. The third-order valence-electron chi connectivity index (χ3n) is 3.31. The maximum Gasteiger partial charge on any atom is 0.137 e. The van der Waals surface area contributed by atoms with Gasteiger partial charge in [-0.1, -0.05) is 29.3 Å². The zero-order chi connectivity index (χ0) is 15.0. The molecule has 21 heavy (non-hydrogen) atoms. The Kier molecular flexibility index (Phi) is 4.11. The number of hydrogen-bond acceptors (Lipinski definition) is 2. The quantitative estimate of drug-likeness (QED) is 0.619. The number of halogens is 3. The second kappa shape index (κ2) is 5.87. The fourth-order valence-corrected chi connectivity index (χ4v) is 3.06. The molecule has 2 heterocycles. The number of aromatic nitrogens is 2. The molecule has 0 bridgehead atoms. The molecule has 0 atom stereocenters. The van der Waals surface area contributed by atoms with E-state index in [9.17, 15) is 0 Å². The monoisotopic (exact) mass is 383 g/mol. The van der Waals surface area contributed by atoms with Crippen molar-refractivity contribution in [3.63, 3.8) is 0 Å². The Morgan fingerprint density at radius 2 is 2.00 bits per heavy atom. The highest BCUT2D eigenvalue weighted by molar-refractivity contribution is 9.10. The molecule has 108 valence electrons. The van der Waals surface area contributed by atoms with Crippen LogP contribution in [0.15, 0.2) is 41.0 Å². The number of benzene rings is 1. The topological polar surface area (TPSA) is 29.3 Å². The molecule has 0 fully saturated rings. The lowest BCUT2D eigenvalue weighted by Gasteiger charge is -2.11. The number of aryl methyl sites for hydroxylation is 1. The molecule has 0 saturated carbocycles. The van der Waals surface area contributed by atoms with E-state index in [1.54, 1.807) is 0 Å². The molecule has 3 aromatic rings. The van der Waals surface area contributed by atoms with Gasteiger partial charge in [0.25, 0.3) is 0 Å². The van der Waals surface area contributed by atoms with Crippen molar-refractivity contribution in [1.29, 1.82) is 0 Å². The number of anilines is 1. The molecule has 6 heteroatoms. The van der Waals surface area contributed by atoms with Crippen molar-refractivity contribution in [3.05, 3.63) is 62.4 Å². The van der Waals surface area contributed by atoms with Gasteiger partial charge in [0.15, 0.2) is 0 Å². The van der Waals surface area contributed by atoms with Gasteiger partial charge in [0.1, 0.15) is 5.65 Å². The van der Waals surface area contributed by atoms with E-state index in [1.165, 1.54) is 0 Å². The van der Waals surface area contributed by atoms with Crippen molar-refractivity contribution < 1.29 is 0 Å². The van der Waals surface area contributed by atoms with Crippen molar-refractivity contribution in [2.75, 3.05) is 5.32 Å². The van der Waals surface area contributed by atoms with Gasteiger partial charge in [0.05, 0.1) is 33.7 Å². The van der Waals surface area contributed by atoms with E-state index < -0.39 is 0 Å². The van der Waals surface area contributed by atoms with Crippen molar-refractivity contribution in [1.82, 2.24) is 9.38 Å². The van der Waals surface area contributed by atoms with Crippen molar-refractivity contribution in [2.45, 2.75) is 13.5 Å². The molecular formula is C15H12BrCl2N3. The molecule has 0 aliphatic rings. The zero-order valence-corrected chi connectivity index (χ0v) is 14.3. The molecule has 0 saturated heterocycles. The maximum atomic E-state index is 6.25. The number of imidazole rings is 1. The van der Waals surface area contributed by atoms with Crippen LogP contribution in [0.3, 0.4) is 0 Å². The Balaban J connectivity index is 1.91. The minimum Gasteiger partial charge on any atom is -0.378 e. The predicted octanol–water partition coefficient (Wildman–Crippen LogP) is 5.32. The predicted molar refractivity (Wildman–Crippen MR) is 91.4 cm³/mol. The van der Waals surface area contributed by atoms with E-state index in [2.05, 4.69) is 30.6 Å². The molecule has 3 nitrogen and oxygen atoms in total. The smallest absolute Gasteiger partial charge is 0.137 e. The van der Waals surface area contributed by atoms with Gasteiger partial charge >= 0.3 is 0 Å². The summed E-state index contributed by atoms with van der Waals surface area (Å²) in [7, 11) is 0. The van der Waals surface area contributed by atoms with Crippen LogP contribution in [0.2, 0.25) is 10.0 Å². The lowest BCUT2D eigenvalue weighted by Crippen LogP contribution is -2.04. The third-order valence-corrected chi connectivity index (χ3v) is 5.08. The summed E-state index contributed by atoms with van der Waals surface area (Å²) in [4.78, 5) is 4.54. The normalized spacial score (nSPS) is 11.0. The highest BCUT2D eigenvalue weighted by atomic mass is 79.9. The molecule has 0 aliphatic heterocycles. The minimum atomic E-state index is 0.511. The van der Waals surface area contributed by atoms with Crippen LogP contribution in [-0.2, 0) is 6.54 Å². The number of nitrogens with one attached hydrogen (secondary N) is 1. The van der Waals surface area contributed by atoms with Gasteiger partial charge in [-0.2, -0.15) is 0 Å². The maximum absolute atomic E-state index is 6.25. The first-order chi connectivity index (χ1) is 10.1. The number of pyridine rings is 1. The molecule has 0 radical (unpaired) electrons. The molecule has 0 aliphatic carbocycles. The van der Waals surface area contributed by atoms with Gasteiger partial charge in [0.2, 0.25) is 0 Å². The van der Waals surface area contributed by atoms with Crippen LogP contribution in [-0.4, -0.2) is 9.38 Å². The lowest BCUT2D eigenvalue weighted by atomic mass is 10.3. The number of nitrogens with zero attached hydrogens (tertiary/aromatic N) is 2. The first-order valence-corrected chi connectivity index (χ1v) is 7.92. The number of rotatable bonds is 3. The fourth-order valence-electron chi connectivity index (χ4n) is 2.22. The van der Waals surface area contributed by atoms with Gasteiger partial charge in [-0.3, -0.25) is 0 Å². The van der Waals surface area contributed by atoms with Gasteiger partial charge in [-0.25, -0.2) is 4.98 Å². The first-order valence-electron chi connectivity index (χ1n) is 6.38. The Labute approximate surface area is 141 Å². The van der Waals surface area contributed by atoms with Gasteiger partial charge < -0.3 is 9.72 Å². The van der Waals surface area contributed by atoms with Gasteiger partial charge in [0, 0.05) is 10.7 Å². The third kappa shape index (κ3) is 2.76. The van der Waals surface area contributed by atoms with Crippen LogP contribution >= 0.6 is 39.1 Å². The molecule has 0 spiro atoms. The van der Waals surface area contributed by atoms with E-state index >= 15 is 0 Å². The molecular weight excluding hydrogens is 373 g/mol. The van der Waals surface area contributed by atoms with Crippen LogP contribution in [0.25, 0.3) is 5.65 Å². The lowest BCUT2D eigenvalue weighted by molar-refractivity contribution is 0.987. The summed E-state index contributed by atoms with van der Waals surface area (Å²) in [5.74, 6) is 0. The van der Waals surface area contributed by atoms with E-state index in [4.69, 9.17) is 23.2 Å². The SMILES string of the molecule is Cc1nc2ccccn2c1CNc1ccc(Br)c(Cl)c1Cl. The Hall–Kier alpha value is -1.23. The summed E-state index contributed by atoms with van der Waals surface area (Å²) in [5.41, 5.74) is 3.83. The molecule has 3 rings (SSSR count). The van der Waals surface area contributed by atoms with Crippen LogP contribution in [0.5, 0.6) is 0 Å². The van der Waals surface area contributed by atoms with E-state index in [0.717, 1.165) is 27.2 Å². The summed E-state index contributed by atoms with van der Waals surface area (Å²) in [6.45, 7) is 2.62. The average Bonchev–Trinajstić information content (AvgIpc) is 2.80. The first kappa shape index (κ1) is 14.7. The van der Waals surface area contributed by atoms with Crippen LogP contribution in [0.4, 0.5) is 5.69 Å². The second-order valence-corrected chi connectivity index (χ2v) is 6.26. The minimum absolute atomic E-state index is 0.511. The summed E-state index contributed by atoms with van der Waals surface area (Å²) in [6.07, 6.45) is 2.00. The van der Waals surface area contributed by atoms with E-state index in [-0.39, 0.29) is 0 Å². The van der Waals surface area contributed by atoms with Crippen molar-refractivity contribution in [2.24, 2.45) is 0 Å².